The third-order valence-electron chi connectivity index (χ3n) is 5.03. The van der Waals surface area contributed by atoms with E-state index >= 15 is 0 Å². The van der Waals surface area contributed by atoms with Gasteiger partial charge in [0.05, 0.1) is 23.1 Å². The predicted octanol–water partition coefficient (Wildman–Crippen LogP) is 3.53. The van der Waals surface area contributed by atoms with E-state index in [2.05, 4.69) is 20.5 Å². The van der Waals surface area contributed by atoms with Crippen LogP contribution in [0.5, 0.6) is 0 Å². The lowest BCUT2D eigenvalue weighted by Gasteiger charge is -2.33. The fourth-order valence-electron chi connectivity index (χ4n) is 4.12. The molecule has 3 unspecified atom stereocenters. The van der Waals surface area contributed by atoms with Crippen molar-refractivity contribution in [3.8, 4) is 0 Å². The number of fused-ring (bicyclic) bond motifs is 2. The van der Waals surface area contributed by atoms with Gasteiger partial charge in [0.2, 0.25) is 0 Å². The number of nitrogens with zero attached hydrogens (tertiary/aromatic N) is 4. The topological polar surface area (TPSA) is 34.0 Å². The number of imidazole rings is 1. The summed E-state index contributed by atoms with van der Waals surface area (Å²) in [7, 11) is 0. The summed E-state index contributed by atoms with van der Waals surface area (Å²) in [4.78, 5) is 11.6. The van der Waals surface area contributed by atoms with Gasteiger partial charge in [0.1, 0.15) is 11.3 Å². The van der Waals surface area contributed by atoms with E-state index in [4.69, 9.17) is 16.6 Å². The number of hydrogen-bond acceptors (Lipinski definition) is 3. The van der Waals surface area contributed by atoms with Crippen molar-refractivity contribution in [2.75, 3.05) is 13.1 Å². The molecule has 0 aromatic carbocycles. The quantitative estimate of drug-likeness (QED) is 0.796. The van der Waals surface area contributed by atoms with Crippen LogP contribution in [0.15, 0.2) is 18.5 Å². The Hall–Kier alpha value is -1.13. The molecule has 4 nitrogen and oxygen atoms in total. The fraction of sp³-hybridized carbons (Fsp3) is 0.625. The Balaban J connectivity index is 1.83. The van der Waals surface area contributed by atoms with Gasteiger partial charge >= 0.3 is 0 Å². The Bertz CT molecular complexity index is 651. The van der Waals surface area contributed by atoms with Crippen molar-refractivity contribution in [1.82, 2.24) is 19.4 Å². The number of alkyl halides is 1. The SMILES string of the molecule is CC(Cl)c1nc2cnccc2n1C1CCN2CCCCC12. The van der Waals surface area contributed by atoms with Crippen LogP contribution < -0.4 is 0 Å². The van der Waals surface area contributed by atoms with Crippen molar-refractivity contribution in [1.29, 1.82) is 0 Å². The van der Waals surface area contributed by atoms with Crippen LogP contribution in [0.25, 0.3) is 11.0 Å². The molecule has 4 rings (SSSR count). The first-order valence-electron chi connectivity index (χ1n) is 7.95. The average molecular weight is 305 g/mol. The van der Waals surface area contributed by atoms with E-state index in [1.807, 2.05) is 19.3 Å². The highest BCUT2D eigenvalue weighted by Gasteiger charge is 2.38. The Morgan fingerprint density at radius 1 is 1.24 bits per heavy atom. The van der Waals surface area contributed by atoms with Crippen LogP contribution in [0, 0.1) is 0 Å². The van der Waals surface area contributed by atoms with Crippen LogP contribution in [-0.2, 0) is 0 Å². The third kappa shape index (κ3) is 2.16. The Morgan fingerprint density at radius 2 is 2.14 bits per heavy atom. The number of aromatic nitrogens is 3. The van der Waals surface area contributed by atoms with Gasteiger partial charge in [0, 0.05) is 18.8 Å². The fourth-order valence-corrected chi connectivity index (χ4v) is 4.27. The molecule has 2 saturated heterocycles. The van der Waals surface area contributed by atoms with Crippen LogP contribution in [0.1, 0.15) is 49.9 Å². The van der Waals surface area contributed by atoms with Crippen molar-refractivity contribution < 1.29 is 0 Å². The summed E-state index contributed by atoms with van der Waals surface area (Å²) in [5, 5.41) is -0.0740. The van der Waals surface area contributed by atoms with Crippen molar-refractivity contribution in [3.05, 3.63) is 24.3 Å². The molecule has 0 N–H and O–H groups in total. The Morgan fingerprint density at radius 3 is 3.00 bits per heavy atom. The molecule has 4 heterocycles. The smallest absolute Gasteiger partial charge is 0.128 e. The monoisotopic (exact) mass is 304 g/mol. The molecule has 21 heavy (non-hydrogen) atoms. The standard InChI is InChI=1S/C16H21ClN4/c1-11(17)16-19-12-10-18-7-5-13(12)21(16)15-6-9-20-8-3-2-4-14(15)20/h5,7,10-11,14-15H,2-4,6,8-9H2,1H3. The van der Waals surface area contributed by atoms with Crippen molar-refractivity contribution >= 4 is 22.6 Å². The minimum absolute atomic E-state index is 0.0740. The minimum Gasteiger partial charge on any atom is -0.322 e. The van der Waals surface area contributed by atoms with E-state index in [-0.39, 0.29) is 5.38 Å². The molecular weight excluding hydrogens is 284 g/mol. The molecule has 0 saturated carbocycles. The van der Waals surface area contributed by atoms with Gasteiger partial charge in [-0.1, -0.05) is 6.42 Å². The molecule has 0 aliphatic carbocycles. The van der Waals surface area contributed by atoms with Gasteiger partial charge in [0.15, 0.2) is 0 Å². The summed E-state index contributed by atoms with van der Waals surface area (Å²) in [6.45, 7) is 4.47. The third-order valence-corrected chi connectivity index (χ3v) is 5.22. The molecule has 2 aromatic heterocycles. The highest BCUT2D eigenvalue weighted by atomic mass is 35.5. The average Bonchev–Trinajstić information content (AvgIpc) is 3.07. The van der Waals surface area contributed by atoms with E-state index in [9.17, 15) is 0 Å². The van der Waals surface area contributed by atoms with Crippen molar-refractivity contribution in [2.24, 2.45) is 0 Å². The largest absolute Gasteiger partial charge is 0.322 e. The Kier molecular flexibility index (Phi) is 3.38. The molecule has 2 aromatic rings. The molecule has 112 valence electrons. The zero-order valence-corrected chi connectivity index (χ0v) is 13.1. The van der Waals surface area contributed by atoms with Crippen LogP contribution in [0.3, 0.4) is 0 Å². The molecule has 0 amide bonds. The van der Waals surface area contributed by atoms with Crippen molar-refractivity contribution in [3.63, 3.8) is 0 Å². The zero-order chi connectivity index (χ0) is 14.4. The van der Waals surface area contributed by atoms with Gasteiger partial charge in [-0.15, -0.1) is 11.6 Å². The van der Waals surface area contributed by atoms with Crippen LogP contribution >= 0.6 is 11.6 Å². The molecule has 2 aliphatic rings. The van der Waals surface area contributed by atoms with Gasteiger partial charge in [0.25, 0.3) is 0 Å². The van der Waals surface area contributed by atoms with Crippen LogP contribution in [0.2, 0.25) is 0 Å². The second-order valence-corrected chi connectivity index (χ2v) is 6.93. The number of pyridine rings is 1. The maximum atomic E-state index is 6.42. The first kappa shape index (κ1) is 13.5. The second kappa shape index (κ2) is 5.25. The second-order valence-electron chi connectivity index (χ2n) is 6.28. The molecule has 0 spiro atoms. The number of piperidine rings is 1. The van der Waals surface area contributed by atoms with Crippen LogP contribution in [0.4, 0.5) is 0 Å². The molecular formula is C16H21ClN4. The summed E-state index contributed by atoms with van der Waals surface area (Å²) in [6, 6.07) is 3.24. The van der Waals surface area contributed by atoms with E-state index in [0.717, 1.165) is 11.3 Å². The summed E-state index contributed by atoms with van der Waals surface area (Å²) in [5.41, 5.74) is 2.15. The lowest BCUT2D eigenvalue weighted by Crippen LogP contribution is -2.38. The molecule has 2 fully saturated rings. The maximum Gasteiger partial charge on any atom is 0.128 e. The van der Waals surface area contributed by atoms with Gasteiger partial charge in [-0.3, -0.25) is 9.88 Å². The summed E-state index contributed by atoms with van der Waals surface area (Å²) < 4.78 is 2.41. The zero-order valence-electron chi connectivity index (χ0n) is 12.4. The van der Waals surface area contributed by atoms with Gasteiger partial charge in [-0.25, -0.2) is 4.98 Å². The van der Waals surface area contributed by atoms with Crippen molar-refractivity contribution in [2.45, 2.75) is 50.1 Å². The van der Waals surface area contributed by atoms with E-state index in [1.165, 1.54) is 44.3 Å². The predicted molar refractivity (Wildman–Crippen MR) is 84.7 cm³/mol. The summed E-state index contributed by atoms with van der Waals surface area (Å²) in [5.74, 6) is 0.997. The molecule has 0 bridgehead atoms. The highest BCUT2D eigenvalue weighted by molar-refractivity contribution is 6.20. The van der Waals surface area contributed by atoms with E-state index in [1.54, 1.807) is 0 Å². The van der Waals surface area contributed by atoms with Gasteiger partial charge in [-0.2, -0.15) is 0 Å². The van der Waals surface area contributed by atoms with Gasteiger partial charge < -0.3 is 4.57 Å². The normalized spacial score (nSPS) is 27.9. The lowest BCUT2D eigenvalue weighted by atomic mass is 9.98. The first-order chi connectivity index (χ1) is 10.3. The van der Waals surface area contributed by atoms with Gasteiger partial charge in [-0.05, 0) is 38.8 Å². The van der Waals surface area contributed by atoms with Crippen LogP contribution in [-0.4, -0.2) is 38.6 Å². The molecule has 2 aliphatic heterocycles. The molecule has 5 heteroatoms. The number of halogens is 1. The van der Waals surface area contributed by atoms with E-state index < -0.39 is 0 Å². The maximum absolute atomic E-state index is 6.42. The number of hydrogen-bond donors (Lipinski definition) is 0. The summed E-state index contributed by atoms with van der Waals surface area (Å²) >= 11 is 6.42. The molecule has 0 radical (unpaired) electrons. The Labute approximate surface area is 130 Å². The molecule has 3 atom stereocenters. The summed E-state index contributed by atoms with van der Waals surface area (Å²) in [6.07, 6.45) is 8.90. The van der Waals surface area contributed by atoms with E-state index in [0.29, 0.717) is 12.1 Å². The first-order valence-corrected chi connectivity index (χ1v) is 8.39. The lowest BCUT2D eigenvalue weighted by molar-refractivity contribution is 0.173. The number of rotatable bonds is 2. The highest BCUT2D eigenvalue weighted by Crippen LogP contribution is 2.39. The minimum atomic E-state index is -0.0740.